The van der Waals surface area contributed by atoms with Crippen molar-refractivity contribution in [2.45, 2.75) is 32.2 Å². The maximum absolute atomic E-state index is 5.79. The molecule has 1 atom stereocenters. The highest BCUT2D eigenvalue weighted by atomic mass is 14.9. The van der Waals surface area contributed by atoms with E-state index in [1.54, 1.807) is 0 Å². The second-order valence-electron chi connectivity index (χ2n) is 5.17. The van der Waals surface area contributed by atoms with Gasteiger partial charge in [0.2, 0.25) is 0 Å². The Bertz CT molecular complexity index is 328. The molecule has 3 heteroatoms. The van der Waals surface area contributed by atoms with E-state index >= 15 is 0 Å². The molecule has 0 radical (unpaired) electrons. The third-order valence-electron chi connectivity index (χ3n) is 2.59. The first-order valence-corrected chi connectivity index (χ1v) is 5.74. The van der Waals surface area contributed by atoms with Crippen molar-refractivity contribution in [2.24, 2.45) is 11.5 Å². The maximum Gasteiger partial charge on any atom is 0.0378 e. The molecule has 1 aromatic carbocycles. The van der Waals surface area contributed by atoms with Crippen molar-refractivity contribution in [3.63, 3.8) is 0 Å². The van der Waals surface area contributed by atoms with Gasteiger partial charge in [-0.05, 0) is 17.0 Å². The number of para-hydroxylation sites is 1. The number of anilines is 1. The number of nitrogens with one attached hydrogen (secondary N) is 1. The molecule has 0 saturated heterocycles. The van der Waals surface area contributed by atoms with Gasteiger partial charge in [-0.1, -0.05) is 39.0 Å². The summed E-state index contributed by atoms with van der Waals surface area (Å²) in [5.74, 6) is 0. The predicted molar refractivity (Wildman–Crippen MR) is 70.7 cm³/mol. The number of rotatable bonds is 4. The number of hydrogen-bond donors (Lipinski definition) is 3. The zero-order valence-corrected chi connectivity index (χ0v) is 10.5. The molecule has 0 aliphatic heterocycles. The summed E-state index contributed by atoms with van der Waals surface area (Å²) in [5.41, 5.74) is 13.9. The topological polar surface area (TPSA) is 64.1 Å². The summed E-state index contributed by atoms with van der Waals surface area (Å²) in [6.45, 7) is 7.83. The van der Waals surface area contributed by atoms with Gasteiger partial charge in [0.05, 0.1) is 0 Å². The van der Waals surface area contributed by atoms with E-state index in [0.29, 0.717) is 13.1 Å². The average Bonchev–Trinajstić information content (AvgIpc) is 2.25. The van der Waals surface area contributed by atoms with Crippen LogP contribution in [0.2, 0.25) is 0 Å². The van der Waals surface area contributed by atoms with Crippen molar-refractivity contribution in [2.75, 3.05) is 18.4 Å². The quantitative estimate of drug-likeness (QED) is 0.725. The fourth-order valence-electron chi connectivity index (χ4n) is 1.62. The van der Waals surface area contributed by atoms with Crippen LogP contribution in [0.3, 0.4) is 0 Å². The SMILES string of the molecule is CC(C)(C)c1ccccc1NCC(N)CN. The molecule has 0 amide bonds. The Kier molecular flexibility index (Phi) is 4.33. The van der Waals surface area contributed by atoms with Crippen molar-refractivity contribution in [1.82, 2.24) is 0 Å². The summed E-state index contributed by atoms with van der Waals surface area (Å²) in [5, 5.41) is 3.37. The highest BCUT2D eigenvalue weighted by molar-refractivity contribution is 5.54. The van der Waals surface area contributed by atoms with Crippen molar-refractivity contribution in [1.29, 1.82) is 0 Å². The van der Waals surface area contributed by atoms with Crippen molar-refractivity contribution >= 4 is 5.69 Å². The van der Waals surface area contributed by atoms with Gasteiger partial charge in [0.25, 0.3) is 0 Å². The van der Waals surface area contributed by atoms with Gasteiger partial charge in [-0.2, -0.15) is 0 Å². The van der Waals surface area contributed by atoms with Gasteiger partial charge >= 0.3 is 0 Å². The first-order chi connectivity index (χ1) is 7.45. The van der Waals surface area contributed by atoms with Crippen LogP contribution in [0.25, 0.3) is 0 Å². The van der Waals surface area contributed by atoms with Gasteiger partial charge in [0, 0.05) is 24.8 Å². The fourth-order valence-corrected chi connectivity index (χ4v) is 1.62. The van der Waals surface area contributed by atoms with Gasteiger partial charge in [-0.3, -0.25) is 0 Å². The molecule has 16 heavy (non-hydrogen) atoms. The number of hydrogen-bond acceptors (Lipinski definition) is 3. The van der Waals surface area contributed by atoms with Crippen LogP contribution in [0.4, 0.5) is 5.69 Å². The van der Waals surface area contributed by atoms with Crippen molar-refractivity contribution in [3.05, 3.63) is 29.8 Å². The van der Waals surface area contributed by atoms with Gasteiger partial charge < -0.3 is 16.8 Å². The smallest absolute Gasteiger partial charge is 0.0378 e. The van der Waals surface area contributed by atoms with Crippen LogP contribution >= 0.6 is 0 Å². The average molecular weight is 221 g/mol. The Morgan fingerprint density at radius 1 is 1.25 bits per heavy atom. The first-order valence-electron chi connectivity index (χ1n) is 5.74. The van der Waals surface area contributed by atoms with Crippen LogP contribution in [-0.2, 0) is 5.41 Å². The Balaban J connectivity index is 2.80. The summed E-state index contributed by atoms with van der Waals surface area (Å²) in [4.78, 5) is 0. The molecule has 0 saturated carbocycles. The Morgan fingerprint density at radius 3 is 2.44 bits per heavy atom. The third kappa shape index (κ3) is 3.51. The molecule has 1 rings (SSSR count). The monoisotopic (exact) mass is 221 g/mol. The molecule has 0 spiro atoms. The molecule has 0 heterocycles. The van der Waals surface area contributed by atoms with Crippen LogP contribution in [0, 0.1) is 0 Å². The molecular formula is C13H23N3. The summed E-state index contributed by atoms with van der Waals surface area (Å²) in [7, 11) is 0. The second-order valence-corrected chi connectivity index (χ2v) is 5.17. The van der Waals surface area contributed by atoms with Crippen LogP contribution in [-0.4, -0.2) is 19.1 Å². The molecule has 0 aliphatic rings. The predicted octanol–water partition coefficient (Wildman–Crippen LogP) is 1.68. The summed E-state index contributed by atoms with van der Waals surface area (Å²) in [6, 6.07) is 8.34. The van der Waals surface area contributed by atoms with E-state index in [4.69, 9.17) is 11.5 Å². The standard InChI is InChI=1S/C13H23N3/c1-13(2,3)11-6-4-5-7-12(11)16-9-10(15)8-14/h4-7,10,16H,8-9,14-15H2,1-3H3. The third-order valence-corrected chi connectivity index (χ3v) is 2.59. The minimum absolute atomic E-state index is 0.00743. The molecule has 1 unspecified atom stereocenters. The van der Waals surface area contributed by atoms with Crippen molar-refractivity contribution < 1.29 is 0 Å². The van der Waals surface area contributed by atoms with E-state index in [1.165, 1.54) is 5.56 Å². The van der Waals surface area contributed by atoms with Crippen LogP contribution in [0.15, 0.2) is 24.3 Å². The van der Waals surface area contributed by atoms with Crippen molar-refractivity contribution in [3.8, 4) is 0 Å². The molecule has 0 aromatic heterocycles. The number of benzene rings is 1. The Labute approximate surface area is 98.2 Å². The Hall–Kier alpha value is -1.06. The lowest BCUT2D eigenvalue weighted by Crippen LogP contribution is -2.36. The lowest BCUT2D eigenvalue weighted by Gasteiger charge is -2.24. The van der Waals surface area contributed by atoms with Gasteiger partial charge in [0.15, 0.2) is 0 Å². The molecule has 1 aromatic rings. The minimum Gasteiger partial charge on any atom is -0.383 e. The fraction of sp³-hybridized carbons (Fsp3) is 0.538. The second kappa shape index (κ2) is 5.32. The van der Waals surface area contributed by atoms with E-state index in [-0.39, 0.29) is 11.5 Å². The molecule has 0 aliphatic carbocycles. The van der Waals surface area contributed by atoms with E-state index in [1.807, 2.05) is 6.07 Å². The highest BCUT2D eigenvalue weighted by Crippen LogP contribution is 2.28. The normalized spacial score (nSPS) is 13.6. The molecule has 0 bridgehead atoms. The largest absolute Gasteiger partial charge is 0.383 e. The van der Waals surface area contributed by atoms with E-state index in [2.05, 4.69) is 44.3 Å². The Morgan fingerprint density at radius 2 is 1.88 bits per heavy atom. The maximum atomic E-state index is 5.79. The minimum atomic E-state index is 0.00743. The van der Waals surface area contributed by atoms with Crippen LogP contribution in [0.1, 0.15) is 26.3 Å². The lowest BCUT2D eigenvalue weighted by atomic mass is 9.86. The molecule has 3 nitrogen and oxygen atoms in total. The first kappa shape index (κ1) is 13.0. The molecular weight excluding hydrogens is 198 g/mol. The summed E-state index contributed by atoms with van der Waals surface area (Å²) < 4.78 is 0. The van der Waals surface area contributed by atoms with E-state index in [9.17, 15) is 0 Å². The van der Waals surface area contributed by atoms with Crippen LogP contribution < -0.4 is 16.8 Å². The molecule has 0 fully saturated rings. The highest BCUT2D eigenvalue weighted by Gasteiger charge is 2.17. The molecule has 90 valence electrons. The zero-order chi connectivity index (χ0) is 12.2. The zero-order valence-electron chi connectivity index (χ0n) is 10.5. The summed E-state index contributed by atoms with van der Waals surface area (Å²) in [6.07, 6.45) is 0. The van der Waals surface area contributed by atoms with Gasteiger partial charge in [-0.25, -0.2) is 0 Å². The molecule has 5 N–H and O–H groups in total. The van der Waals surface area contributed by atoms with Gasteiger partial charge in [-0.15, -0.1) is 0 Å². The van der Waals surface area contributed by atoms with Gasteiger partial charge in [0.1, 0.15) is 0 Å². The lowest BCUT2D eigenvalue weighted by molar-refractivity contribution is 0.590. The van der Waals surface area contributed by atoms with E-state index < -0.39 is 0 Å². The van der Waals surface area contributed by atoms with Crippen LogP contribution in [0.5, 0.6) is 0 Å². The summed E-state index contributed by atoms with van der Waals surface area (Å²) >= 11 is 0. The number of nitrogens with two attached hydrogens (primary N) is 2. The van der Waals surface area contributed by atoms with E-state index in [0.717, 1.165) is 5.69 Å².